The number of nitrogen functional groups attached to an aromatic ring is 1. The van der Waals surface area contributed by atoms with E-state index in [0.29, 0.717) is 5.69 Å². The number of aliphatic hydroxyl groups is 1. The Labute approximate surface area is 65.6 Å². The fourth-order valence-corrected chi connectivity index (χ4v) is 0.849. The maximum absolute atomic E-state index is 8.70. The van der Waals surface area contributed by atoms with Crippen LogP contribution in [0.5, 0.6) is 0 Å². The molecule has 0 aliphatic rings. The first-order valence-electron chi connectivity index (χ1n) is 3.46. The number of rotatable bonds is 2. The lowest BCUT2D eigenvalue weighted by molar-refractivity contribution is 0.268. The summed E-state index contributed by atoms with van der Waals surface area (Å²) < 4.78 is 0. The third-order valence-electron chi connectivity index (χ3n) is 1.56. The molecule has 0 saturated heterocycles. The molecule has 1 unspecified atom stereocenters. The van der Waals surface area contributed by atoms with Gasteiger partial charge in [0, 0.05) is 5.69 Å². The van der Waals surface area contributed by atoms with Gasteiger partial charge < -0.3 is 16.6 Å². The van der Waals surface area contributed by atoms with Crippen LogP contribution in [0.2, 0.25) is 0 Å². The summed E-state index contributed by atoms with van der Waals surface area (Å²) in [6.07, 6.45) is 0. The van der Waals surface area contributed by atoms with E-state index in [0.717, 1.165) is 5.56 Å². The SMILES string of the molecule is Nc1ccc(C(N)CO)cc1. The lowest BCUT2D eigenvalue weighted by Gasteiger charge is -2.07. The van der Waals surface area contributed by atoms with Gasteiger partial charge >= 0.3 is 0 Å². The van der Waals surface area contributed by atoms with Crippen molar-refractivity contribution >= 4 is 5.69 Å². The van der Waals surface area contributed by atoms with E-state index in [9.17, 15) is 0 Å². The number of hydrogen-bond acceptors (Lipinski definition) is 3. The minimum absolute atomic E-state index is 0.0378. The predicted octanol–water partition coefficient (Wildman–Crippen LogP) is 0.261. The normalized spacial score (nSPS) is 12.9. The predicted molar refractivity (Wildman–Crippen MR) is 44.9 cm³/mol. The summed E-state index contributed by atoms with van der Waals surface area (Å²) in [6.45, 7) is -0.0378. The van der Waals surface area contributed by atoms with Gasteiger partial charge in [-0.2, -0.15) is 0 Å². The van der Waals surface area contributed by atoms with Crippen LogP contribution in [0.4, 0.5) is 5.69 Å². The third kappa shape index (κ3) is 1.93. The molecule has 0 aromatic heterocycles. The molecule has 0 bridgehead atoms. The van der Waals surface area contributed by atoms with E-state index in [1.807, 2.05) is 12.1 Å². The second kappa shape index (κ2) is 3.37. The second-order valence-corrected chi connectivity index (χ2v) is 2.46. The van der Waals surface area contributed by atoms with Crippen molar-refractivity contribution in [2.45, 2.75) is 6.04 Å². The van der Waals surface area contributed by atoms with Crippen molar-refractivity contribution in [3.05, 3.63) is 29.8 Å². The zero-order valence-corrected chi connectivity index (χ0v) is 6.20. The molecule has 0 saturated carbocycles. The van der Waals surface area contributed by atoms with Gasteiger partial charge in [0.05, 0.1) is 12.6 Å². The summed E-state index contributed by atoms with van der Waals surface area (Å²) in [5.41, 5.74) is 12.6. The van der Waals surface area contributed by atoms with Gasteiger partial charge in [-0.25, -0.2) is 0 Å². The van der Waals surface area contributed by atoms with Crippen molar-refractivity contribution < 1.29 is 5.11 Å². The largest absolute Gasteiger partial charge is 0.399 e. The van der Waals surface area contributed by atoms with Crippen molar-refractivity contribution in [3.63, 3.8) is 0 Å². The molecule has 0 radical (unpaired) electrons. The van der Waals surface area contributed by atoms with Crippen molar-refractivity contribution in [2.75, 3.05) is 12.3 Å². The molecule has 1 atom stereocenters. The van der Waals surface area contributed by atoms with E-state index in [2.05, 4.69) is 0 Å². The van der Waals surface area contributed by atoms with Crippen molar-refractivity contribution in [1.82, 2.24) is 0 Å². The van der Waals surface area contributed by atoms with Gasteiger partial charge in [0.1, 0.15) is 0 Å². The minimum atomic E-state index is -0.296. The van der Waals surface area contributed by atoms with Crippen LogP contribution in [-0.4, -0.2) is 11.7 Å². The molecule has 1 aromatic rings. The highest BCUT2D eigenvalue weighted by atomic mass is 16.3. The maximum atomic E-state index is 8.70. The first kappa shape index (κ1) is 8.04. The van der Waals surface area contributed by atoms with Gasteiger partial charge in [0.25, 0.3) is 0 Å². The fourth-order valence-electron chi connectivity index (χ4n) is 0.849. The maximum Gasteiger partial charge on any atom is 0.0624 e. The Morgan fingerprint density at radius 2 is 1.82 bits per heavy atom. The summed E-state index contributed by atoms with van der Waals surface area (Å²) in [5, 5.41) is 8.70. The summed E-state index contributed by atoms with van der Waals surface area (Å²) in [4.78, 5) is 0. The lowest BCUT2D eigenvalue weighted by Crippen LogP contribution is -2.14. The molecule has 1 rings (SSSR count). The van der Waals surface area contributed by atoms with Crippen LogP contribution in [0.15, 0.2) is 24.3 Å². The molecule has 3 heteroatoms. The number of nitrogens with two attached hydrogens (primary N) is 2. The van der Waals surface area contributed by atoms with E-state index >= 15 is 0 Å². The number of hydrogen-bond donors (Lipinski definition) is 3. The molecule has 0 fully saturated rings. The highest BCUT2D eigenvalue weighted by molar-refractivity contribution is 5.40. The van der Waals surface area contributed by atoms with E-state index in [-0.39, 0.29) is 12.6 Å². The summed E-state index contributed by atoms with van der Waals surface area (Å²) in [6, 6.07) is 6.87. The van der Waals surface area contributed by atoms with Crippen LogP contribution >= 0.6 is 0 Å². The Balaban J connectivity index is 2.81. The molecular weight excluding hydrogens is 140 g/mol. The average molecular weight is 152 g/mol. The molecule has 0 heterocycles. The topological polar surface area (TPSA) is 72.3 Å². The summed E-state index contributed by atoms with van der Waals surface area (Å²) in [7, 11) is 0. The Morgan fingerprint density at radius 3 is 2.27 bits per heavy atom. The first-order chi connectivity index (χ1) is 5.24. The Morgan fingerprint density at radius 1 is 1.27 bits per heavy atom. The molecule has 3 nitrogen and oxygen atoms in total. The van der Waals surface area contributed by atoms with Crippen LogP contribution in [0.25, 0.3) is 0 Å². The molecule has 1 aromatic carbocycles. The molecule has 60 valence electrons. The van der Waals surface area contributed by atoms with Gasteiger partial charge in [0.15, 0.2) is 0 Å². The highest BCUT2D eigenvalue weighted by Crippen LogP contribution is 2.11. The fraction of sp³-hybridized carbons (Fsp3) is 0.250. The number of benzene rings is 1. The van der Waals surface area contributed by atoms with Crippen molar-refractivity contribution in [3.8, 4) is 0 Å². The molecule has 11 heavy (non-hydrogen) atoms. The molecular formula is C8H12N2O. The number of anilines is 1. The zero-order chi connectivity index (χ0) is 8.27. The van der Waals surface area contributed by atoms with Crippen LogP contribution in [0.3, 0.4) is 0 Å². The van der Waals surface area contributed by atoms with Gasteiger partial charge in [-0.1, -0.05) is 12.1 Å². The molecule has 0 spiro atoms. The van der Waals surface area contributed by atoms with Gasteiger partial charge in [-0.3, -0.25) is 0 Å². The molecule has 0 aliphatic carbocycles. The second-order valence-electron chi connectivity index (χ2n) is 2.46. The standard InChI is InChI=1S/C8H12N2O/c9-7-3-1-6(2-4-7)8(10)5-11/h1-4,8,11H,5,9-10H2. The average Bonchev–Trinajstić information content (AvgIpc) is 2.05. The van der Waals surface area contributed by atoms with Crippen molar-refractivity contribution in [1.29, 1.82) is 0 Å². The lowest BCUT2D eigenvalue weighted by atomic mass is 10.1. The summed E-state index contributed by atoms with van der Waals surface area (Å²) >= 11 is 0. The van der Waals surface area contributed by atoms with E-state index in [1.165, 1.54) is 0 Å². The Kier molecular flexibility index (Phi) is 2.46. The van der Waals surface area contributed by atoms with Crippen LogP contribution in [-0.2, 0) is 0 Å². The number of aliphatic hydroxyl groups excluding tert-OH is 1. The van der Waals surface area contributed by atoms with Crippen molar-refractivity contribution in [2.24, 2.45) is 5.73 Å². The van der Waals surface area contributed by atoms with Gasteiger partial charge in [-0.05, 0) is 17.7 Å². The molecule has 5 N–H and O–H groups in total. The van der Waals surface area contributed by atoms with Gasteiger partial charge in [-0.15, -0.1) is 0 Å². The Bertz CT molecular complexity index is 220. The minimum Gasteiger partial charge on any atom is -0.399 e. The first-order valence-corrected chi connectivity index (χ1v) is 3.46. The van der Waals surface area contributed by atoms with E-state index in [4.69, 9.17) is 16.6 Å². The smallest absolute Gasteiger partial charge is 0.0624 e. The summed E-state index contributed by atoms with van der Waals surface area (Å²) in [5.74, 6) is 0. The Hall–Kier alpha value is -1.06. The monoisotopic (exact) mass is 152 g/mol. The molecule has 0 aliphatic heterocycles. The van der Waals surface area contributed by atoms with Crippen LogP contribution in [0, 0.1) is 0 Å². The highest BCUT2D eigenvalue weighted by Gasteiger charge is 2.01. The van der Waals surface area contributed by atoms with Crippen LogP contribution in [0.1, 0.15) is 11.6 Å². The molecule has 0 amide bonds. The van der Waals surface area contributed by atoms with E-state index in [1.54, 1.807) is 12.1 Å². The zero-order valence-electron chi connectivity index (χ0n) is 6.20. The quantitative estimate of drug-likeness (QED) is 0.532. The van der Waals surface area contributed by atoms with Crippen LogP contribution < -0.4 is 11.5 Å². The van der Waals surface area contributed by atoms with E-state index < -0.39 is 0 Å². The van der Waals surface area contributed by atoms with Gasteiger partial charge in [0.2, 0.25) is 0 Å². The third-order valence-corrected chi connectivity index (χ3v) is 1.56.